The molecule has 18 heavy (non-hydrogen) atoms. The van der Waals surface area contributed by atoms with Crippen molar-refractivity contribution >= 4 is 5.97 Å². The predicted molar refractivity (Wildman–Crippen MR) is 73.7 cm³/mol. The Labute approximate surface area is 109 Å². The molecular formula is C15H23NO2. The minimum atomic E-state index is -0.837. The summed E-state index contributed by atoms with van der Waals surface area (Å²) in [5.41, 5.74) is 0.224. The molecule has 0 saturated carbocycles. The van der Waals surface area contributed by atoms with Crippen LogP contribution in [0.4, 0.5) is 0 Å². The van der Waals surface area contributed by atoms with Crippen LogP contribution >= 0.6 is 0 Å². The van der Waals surface area contributed by atoms with E-state index in [0.29, 0.717) is 6.42 Å². The number of hydrogen-bond acceptors (Lipinski definition) is 2. The van der Waals surface area contributed by atoms with Crippen molar-refractivity contribution in [1.82, 2.24) is 4.90 Å². The molecule has 0 aliphatic heterocycles. The number of benzene rings is 1. The van der Waals surface area contributed by atoms with Gasteiger partial charge in [0.25, 0.3) is 0 Å². The van der Waals surface area contributed by atoms with E-state index in [4.69, 9.17) is 0 Å². The Balaban J connectivity index is 2.83. The SMILES string of the molecule is CCCCN(C)C(C)(Cc1ccccc1)C(=O)O. The molecule has 0 amide bonds. The van der Waals surface area contributed by atoms with Crippen molar-refractivity contribution in [2.75, 3.05) is 13.6 Å². The van der Waals surface area contributed by atoms with Gasteiger partial charge in [0, 0.05) is 6.42 Å². The highest BCUT2D eigenvalue weighted by molar-refractivity contribution is 5.78. The van der Waals surface area contributed by atoms with E-state index in [9.17, 15) is 9.90 Å². The molecule has 1 rings (SSSR count). The maximum atomic E-state index is 11.6. The third-order valence-corrected chi connectivity index (χ3v) is 3.54. The van der Waals surface area contributed by atoms with Gasteiger partial charge < -0.3 is 5.11 Å². The molecule has 1 unspecified atom stereocenters. The Hall–Kier alpha value is -1.35. The Morgan fingerprint density at radius 1 is 1.33 bits per heavy atom. The van der Waals surface area contributed by atoms with Gasteiger partial charge in [0.05, 0.1) is 0 Å². The lowest BCUT2D eigenvalue weighted by atomic mass is 9.91. The lowest BCUT2D eigenvalue weighted by Gasteiger charge is -2.35. The van der Waals surface area contributed by atoms with E-state index in [1.807, 2.05) is 42.3 Å². The zero-order valence-corrected chi connectivity index (χ0v) is 11.5. The summed E-state index contributed by atoms with van der Waals surface area (Å²) in [6, 6.07) is 9.80. The first-order chi connectivity index (χ1) is 8.50. The highest BCUT2D eigenvalue weighted by Crippen LogP contribution is 2.20. The summed E-state index contributed by atoms with van der Waals surface area (Å²) in [5, 5.41) is 9.52. The monoisotopic (exact) mass is 249 g/mol. The lowest BCUT2D eigenvalue weighted by molar-refractivity contribution is -0.149. The Morgan fingerprint density at radius 2 is 1.94 bits per heavy atom. The fourth-order valence-electron chi connectivity index (χ4n) is 2.01. The van der Waals surface area contributed by atoms with Gasteiger partial charge in [-0.15, -0.1) is 0 Å². The smallest absolute Gasteiger partial charge is 0.324 e. The van der Waals surface area contributed by atoms with Crippen LogP contribution in [0.3, 0.4) is 0 Å². The Bertz CT molecular complexity index is 377. The molecule has 0 aliphatic rings. The number of aliphatic carboxylic acids is 1. The van der Waals surface area contributed by atoms with Crippen molar-refractivity contribution in [2.24, 2.45) is 0 Å². The van der Waals surface area contributed by atoms with Crippen molar-refractivity contribution in [3.8, 4) is 0 Å². The van der Waals surface area contributed by atoms with Crippen LogP contribution in [0, 0.1) is 0 Å². The maximum absolute atomic E-state index is 11.6. The molecule has 1 N–H and O–H groups in total. The predicted octanol–water partition coefficient (Wildman–Crippen LogP) is 2.80. The quantitative estimate of drug-likeness (QED) is 0.807. The molecule has 0 aliphatic carbocycles. The van der Waals surface area contributed by atoms with Crippen LogP contribution in [-0.2, 0) is 11.2 Å². The fourth-order valence-corrected chi connectivity index (χ4v) is 2.01. The second-order valence-corrected chi connectivity index (χ2v) is 5.02. The molecule has 100 valence electrons. The molecular weight excluding hydrogens is 226 g/mol. The van der Waals surface area contributed by atoms with Gasteiger partial charge in [-0.3, -0.25) is 9.69 Å². The topological polar surface area (TPSA) is 40.5 Å². The van der Waals surface area contributed by atoms with E-state index < -0.39 is 11.5 Å². The molecule has 0 spiro atoms. The van der Waals surface area contributed by atoms with E-state index in [1.54, 1.807) is 6.92 Å². The van der Waals surface area contributed by atoms with Crippen LogP contribution in [0.15, 0.2) is 30.3 Å². The Kier molecular flexibility index (Phi) is 5.35. The average Bonchev–Trinajstić information content (AvgIpc) is 2.36. The lowest BCUT2D eigenvalue weighted by Crippen LogP contribution is -2.52. The number of unbranched alkanes of at least 4 members (excludes halogenated alkanes) is 1. The number of carboxylic acid groups (broad SMARTS) is 1. The highest BCUT2D eigenvalue weighted by Gasteiger charge is 2.37. The van der Waals surface area contributed by atoms with E-state index in [1.165, 1.54) is 0 Å². The molecule has 0 bridgehead atoms. The fraction of sp³-hybridized carbons (Fsp3) is 0.533. The Morgan fingerprint density at radius 3 is 2.44 bits per heavy atom. The third-order valence-electron chi connectivity index (χ3n) is 3.54. The van der Waals surface area contributed by atoms with Crippen LogP contribution < -0.4 is 0 Å². The van der Waals surface area contributed by atoms with Crippen molar-refractivity contribution < 1.29 is 9.90 Å². The van der Waals surface area contributed by atoms with Crippen molar-refractivity contribution in [3.63, 3.8) is 0 Å². The van der Waals surface area contributed by atoms with Crippen LogP contribution in [0.2, 0.25) is 0 Å². The molecule has 0 fully saturated rings. The highest BCUT2D eigenvalue weighted by atomic mass is 16.4. The first-order valence-corrected chi connectivity index (χ1v) is 6.49. The van der Waals surface area contributed by atoms with Gasteiger partial charge in [0.15, 0.2) is 0 Å². The first-order valence-electron chi connectivity index (χ1n) is 6.49. The third kappa shape index (κ3) is 3.57. The van der Waals surface area contributed by atoms with Gasteiger partial charge in [0.1, 0.15) is 5.54 Å². The average molecular weight is 249 g/mol. The maximum Gasteiger partial charge on any atom is 0.324 e. The molecule has 1 aromatic rings. The van der Waals surface area contributed by atoms with Gasteiger partial charge in [-0.2, -0.15) is 0 Å². The summed E-state index contributed by atoms with van der Waals surface area (Å²) in [5.74, 6) is -0.759. The minimum Gasteiger partial charge on any atom is -0.480 e. The van der Waals surface area contributed by atoms with E-state index in [2.05, 4.69) is 6.92 Å². The zero-order valence-electron chi connectivity index (χ0n) is 11.5. The van der Waals surface area contributed by atoms with Crippen LogP contribution in [0.5, 0.6) is 0 Å². The molecule has 0 saturated heterocycles. The van der Waals surface area contributed by atoms with Crippen molar-refractivity contribution in [2.45, 2.75) is 38.6 Å². The molecule has 1 aromatic carbocycles. The number of carboxylic acids is 1. The summed E-state index contributed by atoms with van der Waals surface area (Å²) in [7, 11) is 1.90. The molecule has 0 heterocycles. The summed E-state index contributed by atoms with van der Waals surface area (Å²) in [4.78, 5) is 13.5. The summed E-state index contributed by atoms with van der Waals surface area (Å²) < 4.78 is 0. The van der Waals surface area contributed by atoms with Crippen LogP contribution in [0.1, 0.15) is 32.3 Å². The second-order valence-electron chi connectivity index (χ2n) is 5.02. The van der Waals surface area contributed by atoms with Gasteiger partial charge in [0.2, 0.25) is 0 Å². The number of rotatable bonds is 7. The summed E-state index contributed by atoms with van der Waals surface area (Å²) >= 11 is 0. The zero-order chi connectivity index (χ0) is 13.6. The number of likely N-dealkylation sites (N-methyl/N-ethyl adjacent to an activating group) is 1. The van der Waals surface area contributed by atoms with Gasteiger partial charge in [-0.1, -0.05) is 43.7 Å². The summed E-state index contributed by atoms with van der Waals surface area (Å²) in [6.45, 7) is 4.73. The van der Waals surface area contributed by atoms with Crippen molar-refractivity contribution in [1.29, 1.82) is 0 Å². The molecule has 0 radical (unpaired) electrons. The van der Waals surface area contributed by atoms with E-state index in [-0.39, 0.29) is 0 Å². The van der Waals surface area contributed by atoms with Crippen LogP contribution in [0.25, 0.3) is 0 Å². The largest absolute Gasteiger partial charge is 0.480 e. The molecule has 0 aromatic heterocycles. The second kappa shape index (κ2) is 6.55. The molecule has 3 heteroatoms. The number of nitrogens with zero attached hydrogens (tertiary/aromatic N) is 1. The normalized spacial score (nSPS) is 14.4. The van der Waals surface area contributed by atoms with Gasteiger partial charge in [-0.25, -0.2) is 0 Å². The van der Waals surface area contributed by atoms with Gasteiger partial charge in [-0.05, 0) is 32.5 Å². The number of carbonyl (C=O) groups is 1. The molecule has 1 atom stereocenters. The van der Waals surface area contributed by atoms with Gasteiger partial charge >= 0.3 is 5.97 Å². The standard InChI is InChI=1S/C15H23NO2/c1-4-5-11-16(3)15(2,14(17)18)12-13-9-7-6-8-10-13/h6-10H,4-5,11-12H2,1-3H3,(H,17,18). The first kappa shape index (κ1) is 14.7. The van der Waals surface area contributed by atoms with Crippen molar-refractivity contribution in [3.05, 3.63) is 35.9 Å². The number of hydrogen-bond donors (Lipinski definition) is 1. The minimum absolute atomic E-state index is 0.531. The van der Waals surface area contributed by atoms with E-state index >= 15 is 0 Å². The van der Waals surface area contributed by atoms with Crippen LogP contribution in [-0.4, -0.2) is 35.1 Å². The summed E-state index contributed by atoms with van der Waals surface area (Å²) in [6.07, 6.45) is 2.63. The molecule has 3 nitrogen and oxygen atoms in total. The van der Waals surface area contributed by atoms with E-state index in [0.717, 1.165) is 24.9 Å².